The number of methoxy groups -OCH3 is 1. The molecule has 0 radical (unpaired) electrons. The Morgan fingerprint density at radius 3 is 2.78 bits per heavy atom. The Morgan fingerprint density at radius 2 is 1.93 bits per heavy atom. The zero-order chi connectivity index (χ0) is 28.2. The molecule has 2 N–H and O–H groups in total. The van der Waals surface area contributed by atoms with Crippen molar-refractivity contribution in [1.82, 2.24) is 30.2 Å². The van der Waals surface area contributed by atoms with Crippen molar-refractivity contribution in [3.8, 4) is 22.9 Å². The standard InChI is InChI=1S/C29H27FN6O5/c1-38-19-5-2-4-18(12-19)36-24-14-26-25(40-17-41-26)13-21(24)34-27(36)7-10-31-11-8-28-35-23(16-39-28)29(37)33-15-22-20(30)6-3-9-32-22/h2-6,9,12-14,16,31H,7-8,10-11,15,17H2,1H3,(H,33,37). The van der Waals surface area contributed by atoms with Crippen molar-refractivity contribution in [3.63, 3.8) is 0 Å². The van der Waals surface area contributed by atoms with Crippen LogP contribution in [0.25, 0.3) is 16.7 Å². The van der Waals surface area contributed by atoms with Crippen LogP contribution in [0.2, 0.25) is 0 Å². The van der Waals surface area contributed by atoms with Crippen molar-refractivity contribution in [3.05, 3.63) is 89.9 Å². The lowest BCUT2D eigenvalue weighted by Crippen LogP contribution is -2.24. The van der Waals surface area contributed by atoms with E-state index in [1.807, 2.05) is 36.4 Å². The molecule has 11 nitrogen and oxygen atoms in total. The Bertz CT molecular complexity index is 1700. The predicted octanol–water partition coefficient (Wildman–Crippen LogP) is 3.59. The number of benzene rings is 2. The minimum atomic E-state index is -0.481. The third kappa shape index (κ3) is 5.68. The van der Waals surface area contributed by atoms with E-state index in [0.717, 1.165) is 28.3 Å². The van der Waals surface area contributed by atoms with Crippen LogP contribution in [0.5, 0.6) is 17.2 Å². The summed E-state index contributed by atoms with van der Waals surface area (Å²) in [5.74, 6) is 2.46. The van der Waals surface area contributed by atoms with Crippen LogP contribution in [0, 0.1) is 5.82 Å². The minimum absolute atomic E-state index is 0.0432. The number of pyridine rings is 1. The SMILES string of the molecule is COc1cccc(-n2c(CCNCCc3nc(C(=O)NCc4ncccc4F)co3)nc3cc4c(cc32)OCO4)c1. The van der Waals surface area contributed by atoms with E-state index in [0.29, 0.717) is 43.3 Å². The molecule has 0 atom stereocenters. The van der Waals surface area contributed by atoms with Gasteiger partial charge in [-0.15, -0.1) is 0 Å². The number of hydrogen-bond donors (Lipinski definition) is 2. The minimum Gasteiger partial charge on any atom is -0.497 e. The normalized spacial score (nSPS) is 12.1. The Morgan fingerprint density at radius 1 is 1.07 bits per heavy atom. The molecule has 210 valence electrons. The van der Waals surface area contributed by atoms with Crippen LogP contribution < -0.4 is 24.8 Å². The molecule has 2 aromatic carbocycles. The maximum atomic E-state index is 13.7. The largest absolute Gasteiger partial charge is 0.497 e. The molecule has 5 aromatic rings. The third-order valence-electron chi connectivity index (χ3n) is 6.61. The monoisotopic (exact) mass is 558 g/mol. The van der Waals surface area contributed by atoms with Gasteiger partial charge in [-0.25, -0.2) is 14.4 Å². The smallest absolute Gasteiger partial charge is 0.273 e. The van der Waals surface area contributed by atoms with E-state index < -0.39 is 11.7 Å². The first-order valence-corrected chi connectivity index (χ1v) is 13.1. The summed E-state index contributed by atoms with van der Waals surface area (Å²) in [6.45, 7) is 1.37. The summed E-state index contributed by atoms with van der Waals surface area (Å²) >= 11 is 0. The highest BCUT2D eigenvalue weighted by atomic mass is 19.1. The molecule has 0 bridgehead atoms. The Labute approximate surface area is 234 Å². The second-order valence-corrected chi connectivity index (χ2v) is 9.25. The molecular weight excluding hydrogens is 531 g/mol. The first kappa shape index (κ1) is 26.3. The average molecular weight is 559 g/mol. The summed E-state index contributed by atoms with van der Waals surface area (Å²) < 4.78 is 37.9. The fourth-order valence-electron chi connectivity index (χ4n) is 4.58. The molecule has 0 saturated carbocycles. The van der Waals surface area contributed by atoms with Crippen LogP contribution >= 0.6 is 0 Å². The fourth-order valence-corrected chi connectivity index (χ4v) is 4.58. The topological polar surface area (TPSA) is 126 Å². The number of ether oxygens (including phenoxy) is 3. The number of amides is 1. The van der Waals surface area contributed by atoms with Crippen molar-refractivity contribution >= 4 is 16.9 Å². The highest BCUT2D eigenvalue weighted by Gasteiger charge is 2.20. The maximum Gasteiger partial charge on any atom is 0.273 e. The second kappa shape index (κ2) is 11.6. The van der Waals surface area contributed by atoms with Crippen molar-refractivity contribution in [2.45, 2.75) is 19.4 Å². The van der Waals surface area contributed by atoms with Gasteiger partial charge in [0.25, 0.3) is 5.91 Å². The van der Waals surface area contributed by atoms with Gasteiger partial charge in [-0.1, -0.05) is 6.07 Å². The van der Waals surface area contributed by atoms with Gasteiger partial charge in [-0.2, -0.15) is 0 Å². The van der Waals surface area contributed by atoms with Gasteiger partial charge in [-0.3, -0.25) is 14.3 Å². The number of aromatic nitrogens is 4. The lowest BCUT2D eigenvalue weighted by molar-refractivity contribution is 0.0945. The number of nitrogens with one attached hydrogen (secondary N) is 2. The van der Waals surface area contributed by atoms with Gasteiger partial charge in [-0.05, 0) is 24.3 Å². The zero-order valence-corrected chi connectivity index (χ0v) is 22.2. The number of fused-ring (bicyclic) bond motifs is 2. The van der Waals surface area contributed by atoms with Crippen molar-refractivity contribution in [1.29, 1.82) is 0 Å². The molecule has 6 rings (SSSR count). The van der Waals surface area contributed by atoms with Gasteiger partial charge >= 0.3 is 0 Å². The summed E-state index contributed by atoms with van der Waals surface area (Å²) in [6, 6.07) is 14.4. The number of oxazole rings is 1. The van der Waals surface area contributed by atoms with E-state index in [-0.39, 0.29) is 24.7 Å². The summed E-state index contributed by atoms with van der Waals surface area (Å²) in [6.07, 6.45) is 3.88. The molecule has 1 aliphatic rings. The van der Waals surface area contributed by atoms with Crippen molar-refractivity contribution in [2.24, 2.45) is 0 Å². The zero-order valence-electron chi connectivity index (χ0n) is 22.2. The lowest BCUT2D eigenvalue weighted by atomic mass is 10.2. The Hall–Kier alpha value is -4.97. The molecule has 0 saturated heterocycles. The van der Waals surface area contributed by atoms with Gasteiger partial charge in [0.05, 0.1) is 36.1 Å². The summed E-state index contributed by atoms with van der Waals surface area (Å²) in [7, 11) is 1.64. The van der Waals surface area contributed by atoms with E-state index in [1.54, 1.807) is 7.11 Å². The van der Waals surface area contributed by atoms with Gasteiger partial charge in [0.15, 0.2) is 23.1 Å². The lowest BCUT2D eigenvalue weighted by Gasteiger charge is -2.11. The fraction of sp³-hybridized carbons (Fsp3) is 0.241. The predicted molar refractivity (Wildman–Crippen MR) is 146 cm³/mol. The number of rotatable bonds is 11. The number of imidazole rings is 1. The van der Waals surface area contributed by atoms with Gasteiger partial charge in [0.2, 0.25) is 6.79 Å². The Kier molecular flexibility index (Phi) is 7.46. The Balaban J connectivity index is 1.07. The van der Waals surface area contributed by atoms with E-state index in [9.17, 15) is 9.18 Å². The highest BCUT2D eigenvalue weighted by Crippen LogP contribution is 2.37. The van der Waals surface area contributed by atoms with Crippen LogP contribution in [0.3, 0.4) is 0 Å². The van der Waals surface area contributed by atoms with E-state index in [2.05, 4.69) is 25.2 Å². The molecule has 3 aromatic heterocycles. The molecule has 0 spiro atoms. The molecule has 1 aliphatic heterocycles. The van der Waals surface area contributed by atoms with Crippen molar-refractivity contribution in [2.75, 3.05) is 27.0 Å². The van der Waals surface area contributed by atoms with E-state index in [1.165, 1.54) is 24.6 Å². The van der Waals surface area contributed by atoms with Crippen LogP contribution in [0.4, 0.5) is 4.39 Å². The number of hydrogen-bond acceptors (Lipinski definition) is 9. The molecule has 1 amide bonds. The molecule has 0 aliphatic carbocycles. The summed E-state index contributed by atoms with van der Waals surface area (Å²) in [5, 5.41) is 5.99. The number of carbonyl (C=O) groups excluding carboxylic acids is 1. The molecule has 0 unspecified atom stereocenters. The van der Waals surface area contributed by atoms with Gasteiger partial charge < -0.3 is 29.3 Å². The van der Waals surface area contributed by atoms with Gasteiger partial charge in [0, 0.05) is 50.3 Å². The number of carbonyl (C=O) groups is 1. The maximum absolute atomic E-state index is 13.7. The van der Waals surface area contributed by atoms with Gasteiger partial charge in [0.1, 0.15) is 23.7 Å². The van der Waals surface area contributed by atoms with E-state index in [4.69, 9.17) is 23.6 Å². The van der Waals surface area contributed by atoms with Crippen molar-refractivity contribution < 1.29 is 27.8 Å². The summed E-state index contributed by atoms with van der Waals surface area (Å²) in [4.78, 5) is 25.4. The highest BCUT2D eigenvalue weighted by molar-refractivity contribution is 5.91. The second-order valence-electron chi connectivity index (χ2n) is 9.25. The molecule has 41 heavy (non-hydrogen) atoms. The number of halogens is 1. The average Bonchev–Trinajstić information content (AvgIpc) is 3.73. The number of nitrogens with zero attached hydrogens (tertiary/aromatic N) is 4. The van der Waals surface area contributed by atoms with Crippen LogP contribution in [0.15, 0.2) is 65.4 Å². The summed E-state index contributed by atoms with van der Waals surface area (Å²) in [5.41, 5.74) is 2.93. The third-order valence-corrected chi connectivity index (χ3v) is 6.61. The molecule has 0 fully saturated rings. The first-order valence-electron chi connectivity index (χ1n) is 13.1. The molecule has 12 heteroatoms. The first-order chi connectivity index (χ1) is 20.1. The van der Waals surface area contributed by atoms with Crippen LogP contribution in [0.1, 0.15) is 27.9 Å². The molecular formula is C29H27FN6O5. The molecule has 4 heterocycles. The van der Waals surface area contributed by atoms with E-state index >= 15 is 0 Å². The van der Waals surface area contributed by atoms with Crippen LogP contribution in [-0.2, 0) is 19.4 Å². The van der Waals surface area contributed by atoms with Crippen LogP contribution in [-0.4, -0.2) is 52.4 Å². The quantitative estimate of drug-likeness (QED) is 0.234.